The van der Waals surface area contributed by atoms with Crippen molar-refractivity contribution in [3.05, 3.63) is 24.0 Å². The Hall–Kier alpha value is -1.13. The van der Waals surface area contributed by atoms with Crippen LogP contribution in [0.4, 0.5) is 5.69 Å². The molecule has 0 spiro atoms. The number of hydrogen-bond donors (Lipinski definition) is 0. The summed E-state index contributed by atoms with van der Waals surface area (Å²) in [6.07, 6.45) is 3.10. The van der Waals surface area contributed by atoms with E-state index in [0.717, 1.165) is 31.8 Å². The molecule has 1 aromatic heterocycles. The summed E-state index contributed by atoms with van der Waals surface area (Å²) in [6, 6.07) is 4.23. The molecule has 2 heterocycles. The fraction of sp³-hybridized carbons (Fsp3) is 0.615. The van der Waals surface area contributed by atoms with E-state index in [9.17, 15) is 0 Å². The summed E-state index contributed by atoms with van der Waals surface area (Å²) in [5.74, 6) is 0. The van der Waals surface area contributed by atoms with Crippen LogP contribution in [0.25, 0.3) is 0 Å². The average molecular weight is 236 g/mol. The molecule has 0 amide bonds. The van der Waals surface area contributed by atoms with E-state index in [1.165, 1.54) is 5.69 Å². The Morgan fingerprint density at radius 2 is 2.41 bits per heavy atom. The van der Waals surface area contributed by atoms with Gasteiger partial charge in [-0.05, 0) is 18.6 Å². The molecule has 4 heteroatoms. The lowest BCUT2D eigenvalue weighted by Crippen LogP contribution is -2.44. The van der Waals surface area contributed by atoms with Crippen LogP contribution in [0.2, 0.25) is 0 Å². The van der Waals surface area contributed by atoms with Crippen LogP contribution in [0.15, 0.2) is 18.3 Å². The lowest BCUT2D eigenvalue weighted by molar-refractivity contribution is -0.0100. The van der Waals surface area contributed by atoms with Gasteiger partial charge in [-0.15, -0.1) is 0 Å². The van der Waals surface area contributed by atoms with Crippen LogP contribution in [0.5, 0.6) is 0 Å². The summed E-state index contributed by atoms with van der Waals surface area (Å²) in [5, 5.41) is 0. The maximum atomic E-state index is 5.63. The third kappa shape index (κ3) is 3.17. The van der Waals surface area contributed by atoms with Crippen LogP contribution in [0, 0.1) is 0 Å². The van der Waals surface area contributed by atoms with Crippen molar-refractivity contribution in [3.63, 3.8) is 0 Å². The number of morpholine rings is 1. The highest BCUT2D eigenvalue weighted by Crippen LogP contribution is 2.17. The topological polar surface area (TPSA) is 34.6 Å². The molecule has 0 aliphatic carbocycles. The Kier molecular flexibility index (Phi) is 4.34. The van der Waals surface area contributed by atoms with Crippen molar-refractivity contribution in [1.29, 1.82) is 0 Å². The highest BCUT2D eigenvalue weighted by atomic mass is 16.5. The highest BCUT2D eigenvalue weighted by Gasteiger charge is 2.20. The molecule has 0 N–H and O–H groups in total. The summed E-state index contributed by atoms with van der Waals surface area (Å²) in [7, 11) is 1.71. The third-order valence-corrected chi connectivity index (χ3v) is 3.03. The van der Waals surface area contributed by atoms with Gasteiger partial charge in [-0.1, -0.05) is 6.92 Å². The van der Waals surface area contributed by atoms with Gasteiger partial charge >= 0.3 is 0 Å². The van der Waals surface area contributed by atoms with E-state index < -0.39 is 0 Å². The van der Waals surface area contributed by atoms with E-state index in [-0.39, 0.29) is 6.10 Å². The van der Waals surface area contributed by atoms with Gasteiger partial charge < -0.3 is 14.4 Å². The van der Waals surface area contributed by atoms with Gasteiger partial charge in [0.15, 0.2) is 0 Å². The first-order valence-electron chi connectivity index (χ1n) is 6.14. The zero-order valence-corrected chi connectivity index (χ0v) is 10.6. The number of hydrogen-bond acceptors (Lipinski definition) is 4. The number of pyridine rings is 1. The monoisotopic (exact) mass is 236 g/mol. The Balaban J connectivity index is 2.00. The van der Waals surface area contributed by atoms with Crippen molar-refractivity contribution in [2.75, 3.05) is 38.3 Å². The molecular formula is C13H20N2O2. The quantitative estimate of drug-likeness (QED) is 0.793. The van der Waals surface area contributed by atoms with E-state index in [2.05, 4.69) is 28.9 Å². The zero-order chi connectivity index (χ0) is 12.1. The zero-order valence-electron chi connectivity index (χ0n) is 10.6. The van der Waals surface area contributed by atoms with Crippen molar-refractivity contribution < 1.29 is 9.47 Å². The van der Waals surface area contributed by atoms with Gasteiger partial charge in [0.1, 0.15) is 0 Å². The molecule has 1 aliphatic rings. The summed E-state index contributed by atoms with van der Waals surface area (Å²) >= 11 is 0. The molecule has 17 heavy (non-hydrogen) atoms. The lowest BCUT2D eigenvalue weighted by atomic mass is 10.2. The van der Waals surface area contributed by atoms with E-state index in [1.807, 2.05) is 6.20 Å². The first-order chi connectivity index (χ1) is 8.33. The van der Waals surface area contributed by atoms with Crippen LogP contribution in [0.1, 0.15) is 12.6 Å². The Bertz CT molecular complexity index is 338. The molecule has 1 saturated heterocycles. The normalized spacial score (nSPS) is 20.6. The third-order valence-electron chi connectivity index (χ3n) is 3.03. The van der Waals surface area contributed by atoms with Gasteiger partial charge in [-0.25, -0.2) is 0 Å². The number of aryl methyl sites for hydroxylation is 1. The minimum Gasteiger partial charge on any atom is -0.382 e. The van der Waals surface area contributed by atoms with Gasteiger partial charge in [0.2, 0.25) is 0 Å². The molecule has 0 aromatic carbocycles. The second kappa shape index (κ2) is 5.98. The maximum absolute atomic E-state index is 5.63. The number of anilines is 1. The molecule has 0 radical (unpaired) electrons. The van der Waals surface area contributed by atoms with Crippen LogP contribution < -0.4 is 4.90 Å². The van der Waals surface area contributed by atoms with Crippen LogP contribution in [-0.2, 0) is 15.9 Å². The Labute approximate surface area is 103 Å². The number of aromatic nitrogens is 1. The van der Waals surface area contributed by atoms with E-state index in [1.54, 1.807) is 7.11 Å². The molecule has 0 unspecified atom stereocenters. The van der Waals surface area contributed by atoms with Gasteiger partial charge in [-0.2, -0.15) is 0 Å². The second-order valence-electron chi connectivity index (χ2n) is 4.26. The van der Waals surface area contributed by atoms with Gasteiger partial charge in [-0.3, -0.25) is 4.98 Å². The number of methoxy groups -OCH3 is 1. The minimum absolute atomic E-state index is 0.166. The van der Waals surface area contributed by atoms with E-state index >= 15 is 0 Å². The predicted molar refractivity (Wildman–Crippen MR) is 67.4 cm³/mol. The average Bonchev–Trinajstić information content (AvgIpc) is 2.40. The lowest BCUT2D eigenvalue weighted by Gasteiger charge is -2.34. The van der Waals surface area contributed by atoms with Crippen molar-refractivity contribution in [1.82, 2.24) is 4.98 Å². The molecule has 1 fully saturated rings. The molecule has 4 nitrogen and oxygen atoms in total. The standard InChI is InChI=1S/C13H20N2O2/c1-3-11-4-5-12(8-14-11)15-6-7-17-13(9-15)10-16-2/h4-5,8,13H,3,6-7,9-10H2,1-2H3/t13-/m0/s1. The van der Waals surface area contributed by atoms with E-state index in [4.69, 9.17) is 9.47 Å². The summed E-state index contributed by atoms with van der Waals surface area (Å²) in [5.41, 5.74) is 2.31. The summed E-state index contributed by atoms with van der Waals surface area (Å²) in [4.78, 5) is 6.73. The molecule has 2 rings (SSSR count). The number of nitrogens with zero attached hydrogens (tertiary/aromatic N) is 2. The Morgan fingerprint density at radius 3 is 3.06 bits per heavy atom. The maximum Gasteiger partial charge on any atom is 0.0983 e. The van der Waals surface area contributed by atoms with Gasteiger partial charge in [0.05, 0.1) is 31.2 Å². The van der Waals surface area contributed by atoms with Crippen molar-refractivity contribution in [2.24, 2.45) is 0 Å². The first-order valence-corrected chi connectivity index (χ1v) is 6.14. The second-order valence-corrected chi connectivity index (χ2v) is 4.26. The smallest absolute Gasteiger partial charge is 0.0983 e. The van der Waals surface area contributed by atoms with Crippen LogP contribution in [0.3, 0.4) is 0 Å². The van der Waals surface area contributed by atoms with E-state index in [0.29, 0.717) is 6.61 Å². The SMILES string of the molecule is CCc1ccc(N2CCO[C@H](COC)C2)cn1. The fourth-order valence-electron chi connectivity index (χ4n) is 2.05. The first kappa shape index (κ1) is 12.3. The van der Waals surface area contributed by atoms with Gasteiger partial charge in [0.25, 0.3) is 0 Å². The molecule has 1 aliphatic heterocycles. The Morgan fingerprint density at radius 1 is 1.53 bits per heavy atom. The largest absolute Gasteiger partial charge is 0.382 e. The molecule has 1 atom stereocenters. The molecular weight excluding hydrogens is 216 g/mol. The number of rotatable bonds is 4. The van der Waals surface area contributed by atoms with Crippen LogP contribution >= 0.6 is 0 Å². The van der Waals surface area contributed by atoms with Crippen molar-refractivity contribution in [3.8, 4) is 0 Å². The molecule has 0 saturated carbocycles. The molecule has 0 bridgehead atoms. The van der Waals surface area contributed by atoms with Crippen molar-refractivity contribution >= 4 is 5.69 Å². The minimum atomic E-state index is 0.166. The van der Waals surface area contributed by atoms with Crippen LogP contribution in [-0.4, -0.2) is 44.5 Å². The van der Waals surface area contributed by atoms with Crippen molar-refractivity contribution in [2.45, 2.75) is 19.4 Å². The van der Waals surface area contributed by atoms with Gasteiger partial charge in [0, 0.05) is 25.9 Å². The highest BCUT2D eigenvalue weighted by molar-refractivity contribution is 5.45. The summed E-state index contributed by atoms with van der Waals surface area (Å²) < 4.78 is 10.8. The number of ether oxygens (including phenoxy) is 2. The molecule has 1 aromatic rings. The molecule has 94 valence electrons. The predicted octanol–water partition coefficient (Wildman–Crippen LogP) is 1.50. The summed E-state index contributed by atoms with van der Waals surface area (Å²) in [6.45, 7) is 5.32. The fourth-order valence-corrected chi connectivity index (χ4v) is 2.05.